The third-order valence-electron chi connectivity index (χ3n) is 4.46. The van der Waals surface area contributed by atoms with Crippen LogP contribution in [0.3, 0.4) is 0 Å². The van der Waals surface area contributed by atoms with Gasteiger partial charge in [0.25, 0.3) is 5.91 Å². The second kappa shape index (κ2) is 7.81. The summed E-state index contributed by atoms with van der Waals surface area (Å²) in [6.07, 6.45) is 1.14. The summed E-state index contributed by atoms with van der Waals surface area (Å²) in [5.41, 5.74) is 1.60. The van der Waals surface area contributed by atoms with Crippen LogP contribution in [0.5, 0.6) is 0 Å². The highest BCUT2D eigenvalue weighted by molar-refractivity contribution is 7.90. The van der Waals surface area contributed by atoms with Crippen molar-refractivity contribution in [3.05, 3.63) is 89.5 Å². The highest BCUT2D eigenvalue weighted by Crippen LogP contribution is 2.29. The lowest BCUT2D eigenvalue weighted by Crippen LogP contribution is -2.16. The van der Waals surface area contributed by atoms with Crippen LogP contribution in [0.15, 0.2) is 77.7 Å². The van der Waals surface area contributed by atoms with Crippen LogP contribution in [0.4, 0.5) is 5.13 Å². The van der Waals surface area contributed by atoms with Crippen LogP contribution in [-0.2, 0) is 9.84 Å². The molecule has 0 bridgehead atoms. The Bertz CT molecular complexity index is 1380. The van der Waals surface area contributed by atoms with Crippen molar-refractivity contribution in [1.29, 1.82) is 0 Å². The summed E-state index contributed by atoms with van der Waals surface area (Å²) >= 11 is 1.17. The number of hydrogen-bond donors (Lipinski definition) is 1. The Labute approximate surface area is 177 Å². The molecule has 8 heteroatoms. The maximum Gasteiger partial charge on any atom is 0.258 e. The largest absolute Gasteiger partial charge is 0.298 e. The smallest absolute Gasteiger partial charge is 0.258 e. The fourth-order valence-corrected chi connectivity index (χ4v) is 4.60. The number of hydrogen-bond acceptors (Lipinski definition) is 6. The Morgan fingerprint density at radius 1 is 0.900 bits per heavy atom. The first-order valence-corrected chi connectivity index (χ1v) is 11.6. The number of nitrogens with zero attached hydrogens (tertiary/aromatic N) is 1. The number of carbonyl (C=O) groups is 2. The van der Waals surface area contributed by atoms with Crippen molar-refractivity contribution in [2.75, 3.05) is 11.6 Å². The van der Waals surface area contributed by atoms with E-state index in [9.17, 15) is 18.0 Å². The van der Waals surface area contributed by atoms with Crippen molar-refractivity contribution in [2.45, 2.75) is 4.90 Å². The topological polar surface area (TPSA) is 93.2 Å². The zero-order valence-corrected chi connectivity index (χ0v) is 17.5. The highest BCUT2D eigenvalue weighted by Gasteiger charge is 2.19. The van der Waals surface area contributed by atoms with Gasteiger partial charge in [-0.25, -0.2) is 13.4 Å². The molecule has 1 aromatic heterocycles. The lowest BCUT2D eigenvalue weighted by Gasteiger charge is -2.08. The molecule has 3 aromatic carbocycles. The number of fused-ring (bicyclic) bond motifs is 1. The average molecular weight is 437 g/mol. The van der Waals surface area contributed by atoms with Crippen LogP contribution in [0.1, 0.15) is 26.3 Å². The first-order chi connectivity index (χ1) is 14.3. The summed E-state index contributed by atoms with van der Waals surface area (Å²) in [4.78, 5) is 30.3. The number of rotatable bonds is 5. The van der Waals surface area contributed by atoms with Crippen LogP contribution in [-0.4, -0.2) is 31.3 Å². The number of ketones is 1. The molecule has 30 heavy (non-hydrogen) atoms. The van der Waals surface area contributed by atoms with E-state index < -0.39 is 15.7 Å². The van der Waals surface area contributed by atoms with Crippen LogP contribution in [0.2, 0.25) is 0 Å². The number of nitrogens with one attached hydrogen (secondary N) is 1. The molecule has 0 radical (unpaired) electrons. The van der Waals surface area contributed by atoms with Crippen molar-refractivity contribution in [3.63, 3.8) is 0 Å². The summed E-state index contributed by atoms with van der Waals surface area (Å²) in [7, 11) is -3.34. The Morgan fingerprint density at radius 3 is 2.27 bits per heavy atom. The summed E-state index contributed by atoms with van der Waals surface area (Å²) in [6, 6.07) is 20.0. The molecule has 1 N–H and O–H groups in total. The van der Waals surface area contributed by atoms with E-state index in [2.05, 4.69) is 10.3 Å². The van der Waals surface area contributed by atoms with Gasteiger partial charge in [-0.2, -0.15) is 0 Å². The van der Waals surface area contributed by atoms with Crippen LogP contribution in [0, 0.1) is 0 Å². The minimum Gasteiger partial charge on any atom is -0.298 e. The SMILES string of the molecule is CS(=O)(=O)c1ccc2nc(NC(=O)c3ccccc3C(=O)c3ccccc3)sc2c1. The van der Waals surface area contributed by atoms with E-state index in [-0.39, 0.29) is 16.2 Å². The molecule has 0 aliphatic rings. The predicted octanol–water partition coefficient (Wildman–Crippen LogP) is 4.18. The van der Waals surface area contributed by atoms with Crippen LogP contribution in [0.25, 0.3) is 10.2 Å². The molecule has 4 aromatic rings. The molecule has 0 aliphatic heterocycles. The number of aromatic nitrogens is 1. The second-order valence-electron chi connectivity index (χ2n) is 6.62. The molecule has 1 amide bonds. The summed E-state index contributed by atoms with van der Waals surface area (Å²) < 4.78 is 24.1. The zero-order chi connectivity index (χ0) is 21.3. The minimum absolute atomic E-state index is 0.190. The van der Waals surface area contributed by atoms with Gasteiger partial charge in [-0.05, 0) is 24.3 Å². The van der Waals surface area contributed by atoms with Gasteiger partial charge >= 0.3 is 0 Å². The monoisotopic (exact) mass is 436 g/mol. The first-order valence-electron chi connectivity index (χ1n) is 8.94. The van der Waals surface area contributed by atoms with E-state index in [1.807, 2.05) is 6.07 Å². The molecule has 0 saturated heterocycles. The van der Waals surface area contributed by atoms with Crippen molar-refractivity contribution >= 4 is 48.2 Å². The Kier molecular flexibility index (Phi) is 5.19. The molecule has 0 spiro atoms. The third-order valence-corrected chi connectivity index (χ3v) is 6.50. The maximum absolute atomic E-state index is 12.9. The van der Waals surface area contributed by atoms with E-state index >= 15 is 0 Å². The van der Waals surface area contributed by atoms with Gasteiger partial charge in [0, 0.05) is 17.4 Å². The molecule has 0 atom stereocenters. The molecule has 0 unspecified atom stereocenters. The van der Waals surface area contributed by atoms with Gasteiger partial charge in [-0.1, -0.05) is 59.9 Å². The number of sulfone groups is 1. The Morgan fingerprint density at radius 2 is 1.57 bits per heavy atom. The van der Waals surface area contributed by atoms with Gasteiger partial charge < -0.3 is 0 Å². The number of thiazole rings is 1. The standard InChI is InChI=1S/C22H16N2O4S2/c1-30(27,28)15-11-12-18-19(13-15)29-22(23-18)24-21(26)17-10-6-5-9-16(17)20(25)14-7-3-2-4-8-14/h2-13H,1H3,(H,23,24,26). The van der Waals surface area contributed by atoms with Crippen LogP contribution >= 0.6 is 11.3 Å². The maximum atomic E-state index is 12.9. The number of amides is 1. The van der Waals surface area contributed by atoms with Crippen molar-refractivity contribution < 1.29 is 18.0 Å². The molecule has 0 fully saturated rings. The van der Waals surface area contributed by atoms with E-state index in [0.717, 1.165) is 6.26 Å². The van der Waals surface area contributed by atoms with E-state index in [0.29, 0.717) is 26.5 Å². The molecular weight excluding hydrogens is 420 g/mol. The fraction of sp³-hybridized carbons (Fsp3) is 0.0455. The zero-order valence-electron chi connectivity index (χ0n) is 15.8. The van der Waals surface area contributed by atoms with E-state index in [1.165, 1.54) is 23.5 Å². The summed E-state index contributed by atoms with van der Waals surface area (Å²) in [6.45, 7) is 0. The lowest BCUT2D eigenvalue weighted by atomic mass is 9.98. The normalized spacial score (nSPS) is 11.4. The summed E-state index contributed by atoms with van der Waals surface area (Å²) in [5, 5.41) is 3.04. The number of benzene rings is 3. The van der Waals surface area contributed by atoms with Crippen molar-refractivity contribution in [2.24, 2.45) is 0 Å². The van der Waals surface area contributed by atoms with Crippen LogP contribution < -0.4 is 5.32 Å². The number of carbonyl (C=O) groups excluding carboxylic acids is 2. The van der Waals surface area contributed by atoms with Crippen molar-refractivity contribution in [1.82, 2.24) is 4.98 Å². The Hall–Kier alpha value is -3.36. The lowest BCUT2D eigenvalue weighted by molar-refractivity contribution is 0.0996. The average Bonchev–Trinajstić information content (AvgIpc) is 3.14. The molecule has 1 heterocycles. The number of anilines is 1. The van der Waals surface area contributed by atoms with Gasteiger partial charge in [0.15, 0.2) is 20.8 Å². The van der Waals surface area contributed by atoms with Gasteiger partial charge in [-0.15, -0.1) is 0 Å². The van der Waals surface area contributed by atoms with E-state index in [4.69, 9.17) is 0 Å². The second-order valence-corrected chi connectivity index (χ2v) is 9.66. The van der Waals surface area contributed by atoms with Gasteiger partial charge in [0.05, 0.1) is 20.7 Å². The predicted molar refractivity (Wildman–Crippen MR) is 117 cm³/mol. The highest BCUT2D eigenvalue weighted by atomic mass is 32.2. The van der Waals surface area contributed by atoms with Gasteiger partial charge in [0.1, 0.15) is 0 Å². The van der Waals surface area contributed by atoms with Gasteiger partial charge in [-0.3, -0.25) is 14.9 Å². The molecule has 150 valence electrons. The molecule has 6 nitrogen and oxygen atoms in total. The molecule has 0 aliphatic carbocycles. The summed E-state index contributed by atoms with van der Waals surface area (Å²) in [5.74, 6) is -0.708. The first kappa shape index (κ1) is 19.9. The third kappa shape index (κ3) is 4.00. The minimum atomic E-state index is -3.34. The van der Waals surface area contributed by atoms with Gasteiger partial charge in [0.2, 0.25) is 0 Å². The fourth-order valence-electron chi connectivity index (χ4n) is 2.98. The molecular formula is C22H16N2O4S2. The molecule has 0 saturated carbocycles. The quantitative estimate of drug-likeness (QED) is 0.474. The van der Waals surface area contributed by atoms with E-state index in [1.54, 1.807) is 54.6 Å². The molecule has 4 rings (SSSR count). The Balaban J connectivity index is 1.64. The van der Waals surface area contributed by atoms with Crippen molar-refractivity contribution in [3.8, 4) is 0 Å².